The first-order chi connectivity index (χ1) is 21.8. The second-order valence-electron chi connectivity index (χ2n) is 14.4. The zero-order chi connectivity index (χ0) is 32.8. The summed E-state index contributed by atoms with van der Waals surface area (Å²) < 4.78 is 6.59. The van der Waals surface area contributed by atoms with Gasteiger partial charge in [0.1, 0.15) is 5.75 Å². The molecule has 1 heterocycles. The Labute approximate surface area is 280 Å². The minimum absolute atomic E-state index is 0.0998. The summed E-state index contributed by atoms with van der Waals surface area (Å²) in [4.78, 5) is 43.3. The number of carbonyl (C=O) groups is 3. The van der Waals surface area contributed by atoms with Crippen molar-refractivity contribution >= 4 is 39.1 Å². The number of ether oxygens (including phenoxy) is 1. The number of nitrogens with one attached hydrogen (secondary N) is 1. The number of anilines is 1. The first-order valence-corrected chi connectivity index (χ1v) is 16.7. The molecule has 0 aromatic heterocycles. The average Bonchev–Trinajstić information content (AvgIpc) is 2.98. The van der Waals surface area contributed by atoms with Crippen molar-refractivity contribution in [2.24, 2.45) is 10.8 Å². The Balaban J connectivity index is 1.38. The summed E-state index contributed by atoms with van der Waals surface area (Å²) in [6.45, 7) is 11.0. The van der Waals surface area contributed by atoms with Crippen molar-refractivity contribution in [2.75, 3.05) is 11.9 Å². The second-order valence-corrected chi connectivity index (χ2v) is 15.3. The highest BCUT2D eigenvalue weighted by atomic mass is 79.9. The monoisotopic (exact) mass is 680 g/mol. The van der Waals surface area contributed by atoms with Gasteiger partial charge in [-0.15, -0.1) is 0 Å². The Morgan fingerprint density at radius 2 is 1.43 bits per heavy atom. The normalized spacial score (nSPS) is 19.1. The van der Waals surface area contributed by atoms with Crippen molar-refractivity contribution in [3.05, 3.63) is 116 Å². The first-order valence-electron chi connectivity index (χ1n) is 15.9. The number of benzene rings is 3. The molecule has 6 nitrogen and oxygen atoms in total. The summed E-state index contributed by atoms with van der Waals surface area (Å²) in [5.74, 6) is -0.00289. The molecule has 0 spiro atoms. The molecule has 3 aromatic carbocycles. The van der Waals surface area contributed by atoms with Gasteiger partial charge in [-0.1, -0.05) is 82.3 Å². The van der Waals surface area contributed by atoms with Crippen LogP contribution in [0.15, 0.2) is 99.8 Å². The first kappa shape index (κ1) is 32.0. The third-order valence-electron chi connectivity index (χ3n) is 9.27. The third-order valence-corrected chi connectivity index (χ3v) is 9.89. The van der Waals surface area contributed by atoms with E-state index in [0.29, 0.717) is 29.6 Å². The van der Waals surface area contributed by atoms with Crippen LogP contribution in [0.2, 0.25) is 0 Å². The Kier molecular flexibility index (Phi) is 8.57. The lowest BCUT2D eigenvalue weighted by Crippen LogP contribution is -2.44. The van der Waals surface area contributed by atoms with Crippen molar-refractivity contribution in [2.45, 2.75) is 72.8 Å². The van der Waals surface area contributed by atoms with E-state index >= 15 is 0 Å². The van der Waals surface area contributed by atoms with Crippen LogP contribution in [0.25, 0.3) is 0 Å². The molecule has 0 saturated carbocycles. The highest BCUT2D eigenvalue weighted by Gasteiger charge is 2.49. The van der Waals surface area contributed by atoms with E-state index in [0.717, 1.165) is 57.8 Å². The Hall–Kier alpha value is -3.97. The van der Waals surface area contributed by atoms with Gasteiger partial charge in [0.2, 0.25) is 0 Å². The lowest BCUT2D eigenvalue weighted by molar-refractivity contribution is -0.120. The molecule has 1 aliphatic heterocycles. The number of halogens is 1. The molecule has 0 fully saturated rings. The predicted octanol–water partition coefficient (Wildman–Crippen LogP) is 8.66. The zero-order valence-corrected chi connectivity index (χ0v) is 28.8. The Bertz CT molecular complexity index is 1730. The van der Waals surface area contributed by atoms with E-state index < -0.39 is 5.92 Å². The van der Waals surface area contributed by atoms with Crippen molar-refractivity contribution in [3.8, 4) is 5.75 Å². The van der Waals surface area contributed by atoms with E-state index in [1.165, 1.54) is 0 Å². The summed E-state index contributed by atoms with van der Waals surface area (Å²) in [6, 6.07) is 23.6. The van der Waals surface area contributed by atoms with E-state index in [1.807, 2.05) is 67.6 Å². The number of Topliss-reactive ketones (excluding diaryl/α,β-unsaturated/α-hetero) is 2. The topological polar surface area (TPSA) is 75.7 Å². The van der Waals surface area contributed by atoms with Gasteiger partial charge < -0.3 is 15.0 Å². The SMILES string of the molecule is Cc1ccccc1NC(=O)COc1ccc(C2C3=C(CC(C)(C)CC3=O)N(Cc3ccccc3)C3=C2C(=O)CC(C)(C)C3)cc1Br. The van der Waals surface area contributed by atoms with E-state index in [9.17, 15) is 14.4 Å². The average molecular weight is 682 g/mol. The van der Waals surface area contributed by atoms with E-state index in [2.05, 4.69) is 66.0 Å². The smallest absolute Gasteiger partial charge is 0.262 e. The van der Waals surface area contributed by atoms with Gasteiger partial charge in [0.05, 0.1) is 4.47 Å². The predicted molar refractivity (Wildman–Crippen MR) is 184 cm³/mol. The number of ketones is 2. The number of allylic oxidation sites excluding steroid dienone is 4. The molecule has 0 atom stereocenters. The number of hydrogen-bond donors (Lipinski definition) is 1. The van der Waals surface area contributed by atoms with Crippen LogP contribution in [0.3, 0.4) is 0 Å². The minimum Gasteiger partial charge on any atom is -0.483 e. The van der Waals surface area contributed by atoms with Crippen molar-refractivity contribution in [1.82, 2.24) is 4.90 Å². The fraction of sp³-hybridized carbons (Fsp3) is 0.359. The quantitative estimate of drug-likeness (QED) is 0.270. The van der Waals surface area contributed by atoms with Gasteiger partial charge in [-0.3, -0.25) is 14.4 Å². The van der Waals surface area contributed by atoms with Crippen LogP contribution in [0.5, 0.6) is 5.75 Å². The number of carbonyl (C=O) groups excluding carboxylic acids is 3. The van der Waals surface area contributed by atoms with Crippen LogP contribution in [0.1, 0.15) is 76.0 Å². The van der Waals surface area contributed by atoms with Crippen LogP contribution >= 0.6 is 15.9 Å². The van der Waals surface area contributed by atoms with Crippen LogP contribution in [0.4, 0.5) is 5.69 Å². The zero-order valence-electron chi connectivity index (χ0n) is 27.2. The van der Waals surface area contributed by atoms with Gasteiger partial charge in [-0.25, -0.2) is 0 Å². The summed E-state index contributed by atoms with van der Waals surface area (Å²) >= 11 is 3.67. The lowest BCUT2D eigenvalue weighted by Gasteiger charge is -2.49. The molecule has 0 bridgehead atoms. The number of para-hydroxylation sites is 1. The Morgan fingerprint density at radius 1 is 0.848 bits per heavy atom. The van der Waals surface area contributed by atoms with Crippen LogP contribution in [-0.2, 0) is 20.9 Å². The van der Waals surface area contributed by atoms with E-state index in [4.69, 9.17) is 4.74 Å². The molecule has 1 amide bonds. The van der Waals surface area contributed by atoms with Gasteiger partial charge in [0.25, 0.3) is 5.91 Å². The van der Waals surface area contributed by atoms with Gasteiger partial charge in [-0.05, 0) is 81.4 Å². The van der Waals surface area contributed by atoms with Crippen molar-refractivity contribution in [3.63, 3.8) is 0 Å². The molecule has 0 radical (unpaired) electrons. The third kappa shape index (κ3) is 6.48. The lowest BCUT2D eigenvalue weighted by atomic mass is 9.63. The van der Waals surface area contributed by atoms with Gasteiger partial charge in [0, 0.05) is 53.5 Å². The molecule has 3 aliphatic rings. The van der Waals surface area contributed by atoms with Crippen molar-refractivity contribution in [1.29, 1.82) is 0 Å². The molecule has 46 heavy (non-hydrogen) atoms. The van der Waals surface area contributed by atoms with Crippen LogP contribution < -0.4 is 10.1 Å². The molecule has 3 aromatic rings. The fourth-order valence-electron chi connectivity index (χ4n) is 7.19. The molecular weight excluding hydrogens is 640 g/mol. The standard InChI is InChI=1S/C39H41BrN2O4/c1-24-11-9-10-14-28(24)41-34(45)23-46-33-16-15-26(17-27(33)40)35-36-29(18-38(2,3)20-31(36)43)42(22-25-12-7-6-8-13-25)30-19-39(4,5)21-32(44)37(30)35/h6-17,35H,18-23H2,1-5H3,(H,41,45). The molecular formula is C39H41BrN2O4. The summed E-state index contributed by atoms with van der Waals surface area (Å²) in [6.07, 6.45) is 2.37. The van der Waals surface area contributed by atoms with Crippen LogP contribution in [-0.4, -0.2) is 29.0 Å². The van der Waals surface area contributed by atoms with E-state index in [-0.39, 0.29) is 34.9 Å². The summed E-state index contributed by atoms with van der Waals surface area (Å²) in [5, 5.41) is 2.90. The number of hydrogen-bond acceptors (Lipinski definition) is 5. The molecule has 7 heteroatoms. The minimum atomic E-state index is -0.459. The molecule has 2 aliphatic carbocycles. The highest BCUT2D eigenvalue weighted by molar-refractivity contribution is 9.10. The van der Waals surface area contributed by atoms with Crippen molar-refractivity contribution < 1.29 is 19.1 Å². The van der Waals surface area contributed by atoms with Gasteiger partial charge >= 0.3 is 0 Å². The highest BCUT2D eigenvalue weighted by Crippen LogP contribution is 2.55. The summed E-state index contributed by atoms with van der Waals surface area (Å²) in [5.41, 5.74) is 6.87. The molecule has 0 unspecified atom stereocenters. The van der Waals surface area contributed by atoms with Gasteiger partial charge in [0.15, 0.2) is 18.2 Å². The number of amides is 1. The molecule has 238 valence electrons. The van der Waals surface area contributed by atoms with E-state index in [1.54, 1.807) is 0 Å². The summed E-state index contributed by atoms with van der Waals surface area (Å²) in [7, 11) is 0. The maximum absolute atomic E-state index is 14.1. The van der Waals surface area contributed by atoms with Gasteiger partial charge in [-0.2, -0.15) is 0 Å². The second kappa shape index (κ2) is 12.3. The largest absolute Gasteiger partial charge is 0.483 e. The van der Waals surface area contributed by atoms with Crippen LogP contribution in [0, 0.1) is 17.8 Å². The molecule has 0 saturated heterocycles. The maximum Gasteiger partial charge on any atom is 0.262 e. The maximum atomic E-state index is 14.1. The fourth-order valence-corrected chi connectivity index (χ4v) is 7.71. The number of aryl methyl sites for hydroxylation is 1. The molecule has 6 rings (SSSR count). The Morgan fingerprint density at radius 3 is 2.02 bits per heavy atom. The molecule has 1 N–H and O–H groups in total. The number of nitrogens with zero attached hydrogens (tertiary/aromatic N) is 1. The number of rotatable bonds is 7.